The van der Waals surface area contributed by atoms with Crippen molar-refractivity contribution in [2.24, 2.45) is 0 Å². The van der Waals surface area contributed by atoms with E-state index in [4.69, 9.17) is 4.74 Å². The molecule has 0 bridgehead atoms. The molecule has 0 saturated carbocycles. The number of nitrogens with zero attached hydrogens (tertiary/aromatic N) is 1. The molecule has 0 saturated heterocycles. The summed E-state index contributed by atoms with van der Waals surface area (Å²) < 4.78 is 5.35. The molecule has 0 aromatic heterocycles. The molecule has 0 amide bonds. The van der Waals surface area contributed by atoms with Crippen LogP contribution in [0, 0.1) is 0 Å². The molecule has 3 heteroatoms. The maximum Gasteiger partial charge on any atom is 0.120 e. The lowest BCUT2D eigenvalue weighted by Crippen LogP contribution is -2.11. The topological polar surface area (TPSA) is 24.5 Å². The molecule has 7 rings (SSSR count). The monoisotopic (exact) mass is 542 g/mol. The van der Waals surface area contributed by atoms with Gasteiger partial charge in [-0.15, -0.1) is 0 Å². The van der Waals surface area contributed by atoms with Gasteiger partial charge < -0.3 is 15.0 Å². The highest BCUT2D eigenvalue weighted by atomic mass is 16.5. The molecule has 0 atom stereocenters. The summed E-state index contributed by atoms with van der Waals surface area (Å²) in [5, 5.41) is 8.34. The lowest BCUT2D eigenvalue weighted by atomic mass is 10.0. The second-order valence-corrected chi connectivity index (χ2v) is 10.3. The summed E-state index contributed by atoms with van der Waals surface area (Å²) in [7, 11) is 1.68. The van der Waals surface area contributed by atoms with Gasteiger partial charge in [0, 0.05) is 33.9 Å². The fourth-order valence-corrected chi connectivity index (χ4v) is 5.63. The molecular formula is C39H30N2O. The zero-order chi connectivity index (χ0) is 28.3. The zero-order valence-electron chi connectivity index (χ0n) is 23.4. The normalized spacial score (nSPS) is 11.0. The van der Waals surface area contributed by atoms with Gasteiger partial charge in [0.25, 0.3) is 0 Å². The summed E-state index contributed by atoms with van der Waals surface area (Å²) in [6.07, 6.45) is 0. The first-order chi connectivity index (χ1) is 20.8. The van der Waals surface area contributed by atoms with E-state index in [9.17, 15) is 0 Å². The first kappa shape index (κ1) is 25.4. The Kier molecular flexibility index (Phi) is 6.75. The lowest BCUT2D eigenvalue weighted by Gasteiger charge is -2.28. The van der Waals surface area contributed by atoms with E-state index in [1.54, 1.807) is 7.11 Å². The number of hydrogen-bond acceptors (Lipinski definition) is 3. The average molecular weight is 543 g/mol. The minimum absolute atomic E-state index is 0.831. The summed E-state index contributed by atoms with van der Waals surface area (Å²) in [5.41, 5.74) is 7.79. The van der Waals surface area contributed by atoms with Crippen LogP contribution in [0.4, 0.5) is 28.4 Å². The minimum Gasteiger partial charge on any atom is -0.497 e. The van der Waals surface area contributed by atoms with Crippen LogP contribution in [-0.2, 0) is 0 Å². The predicted molar refractivity (Wildman–Crippen MR) is 178 cm³/mol. The number of benzene rings is 7. The number of hydrogen-bond donors (Lipinski definition) is 1. The van der Waals surface area contributed by atoms with Crippen molar-refractivity contribution in [1.29, 1.82) is 0 Å². The quantitative estimate of drug-likeness (QED) is 0.217. The lowest BCUT2D eigenvalue weighted by molar-refractivity contribution is 0.415. The molecule has 0 aliphatic carbocycles. The first-order valence-electron chi connectivity index (χ1n) is 14.1. The number of nitrogens with one attached hydrogen (secondary N) is 1. The highest BCUT2D eigenvalue weighted by Gasteiger charge is 2.17. The van der Waals surface area contributed by atoms with Crippen LogP contribution in [0.1, 0.15) is 0 Å². The second-order valence-electron chi connectivity index (χ2n) is 10.3. The molecule has 0 spiro atoms. The molecular weight excluding hydrogens is 512 g/mol. The van der Waals surface area contributed by atoms with E-state index in [2.05, 4.69) is 144 Å². The summed E-state index contributed by atoms with van der Waals surface area (Å²) in [5.74, 6) is 0.831. The van der Waals surface area contributed by atoms with E-state index >= 15 is 0 Å². The van der Waals surface area contributed by atoms with Gasteiger partial charge in [0.15, 0.2) is 0 Å². The van der Waals surface area contributed by atoms with Gasteiger partial charge >= 0.3 is 0 Å². The van der Waals surface area contributed by atoms with E-state index < -0.39 is 0 Å². The van der Waals surface area contributed by atoms with Crippen molar-refractivity contribution in [2.45, 2.75) is 0 Å². The Balaban J connectivity index is 1.25. The maximum absolute atomic E-state index is 5.35. The van der Waals surface area contributed by atoms with Crippen molar-refractivity contribution >= 4 is 50.0 Å². The van der Waals surface area contributed by atoms with Crippen LogP contribution < -0.4 is 15.0 Å². The van der Waals surface area contributed by atoms with Crippen molar-refractivity contribution in [2.75, 3.05) is 17.3 Å². The van der Waals surface area contributed by atoms with E-state index in [0.717, 1.165) is 34.2 Å². The molecule has 202 valence electrons. The number of fused-ring (bicyclic) bond motifs is 2. The molecule has 7 aromatic rings. The number of rotatable bonds is 7. The average Bonchev–Trinajstić information content (AvgIpc) is 3.06. The number of ether oxygens (including phenoxy) is 1. The summed E-state index contributed by atoms with van der Waals surface area (Å²) in [6.45, 7) is 0. The van der Waals surface area contributed by atoms with Crippen LogP contribution in [0.5, 0.6) is 5.75 Å². The van der Waals surface area contributed by atoms with Crippen molar-refractivity contribution in [3.63, 3.8) is 0 Å². The van der Waals surface area contributed by atoms with Crippen LogP contribution in [0.15, 0.2) is 158 Å². The Morgan fingerprint density at radius 2 is 1.00 bits per heavy atom. The Bertz CT molecular complexity index is 1910. The summed E-state index contributed by atoms with van der Waals surface area (Å²) in [6, 6.07) is 55.6. The third-order valence-electron chi connectivity index (χ3n) is 7.72. The Hall–Kier alpha value is -5.54. The van der Waals surface area contributed by atoms with Gasteiger partial charge in [-0.2, -0.15) is 0 Å². The molecule has 1 N–H and O–H groups in total. The largest absolute Gasteiger partial charge is 0.497 e. The van der Waals surface area contributed by atoms with Gasteiger partial charge in [-0.05, 0) is 70.4 Å². The van der Waals surface area contributed by atoms with Crippen molar-refractivity contribution < 1.29 is 4.74 Å². The zero-order valence-corrected chi connectivity index (χ0v) is 23.4. The molecule has 3 nitrogen and oxygen atoms in total. The fraction of sp³-hybridized carbons (Fsp3) is 0.0256. The molecule has 0 unspecified atom stereocenters. The molecule has 0 aliphatic rings. The van der Waals surface area contributed by atoms with Crippen LogP contribution in [0.3, 0.4) is 0 Å². The van der Waals surface area contributed by atoms with E-state index in [1.165, 1.54) is 32.7 Å². The van der Waals surface area contributed by atoms with Gasteiger partial charge in [0.2, 0.25) is 0 Å². The Morgan fingerprint density at radius 3 is 1.60 bits per heavy atom. The third kappa shape index (κ3) is 4.93. The summed E-state index contributed by atoms with van der Waals surface area (Å²) >= 11 is 0. The Morgan fingerprint density at radius 1 is 0.476 bits per heavy atom. The SMILES string of the molecule is COc1cccc(Nc2ccc(-c3ccc(N(c4cccc5ccccc45)c4cccc5ccccc45)cc3)cc2)c1. The Labute approximate surface area is 246 Å². The summed E-state index contributed by atoms with van der Waals surface area (Å²) in [4.78, 5) is 2.38. The molecule has 0 fully saturated rings. The van der Waals surface area contributed by atoms with E-state index in [-0.39, 0.29) is 0 Å². The van der Waals surface area contributed by atoms with Gasteiger partial charge in [0.05, 0.1) is 18.5 Å². The molecule has 0 heterocycles. The molecule has 0 radical (unpaired) electrons. The van der Waals surface area contributed by atoms with Crippen LogP contribution in [0.2, 0.25) is 0 Å². The van der Waals surface area contributed by atoms with Gasteiger partial charge in [-0.25, -0.2) is 0 Å². The van der Waals surface area contributed by atoms with Crippen LogP contribution in [-0.4, -0.2) is 7.11 Å². The minimum atomic E-state index is 0.831. The molecule has 7 aromatic carbocycles. The first-order valence-corrected chi connectivity index (χ1v) is 14.1. The van der Waals surface area contributed by atoms with Crippen LogP contribution in [0.25, 0.3) is 32.7 Å². The molecule has 42 heavy (non-hydrogen) atoms. The standard InChI is InChI=1S/C39H30N2O/c1-42-35-14-8-13-33(27-35)40-32-23-19-28(20-24-32)29-21-25-34(26-22-29)41(38-17-6-11-30-9-2-4-15-36(30)38)39-18-7-12-31-10-3-5-16-37(31)39/h2-27,40H,1H3. The van der Waals surface area contributed by atoms with Crippen molar-refractivity contribution in [3.05, 3.63) is 158 Å². The van der Waals surface area contributed by atoms with Crippen molar-refractivity contribution in [1.82, 2.24) is 0 Å². The van der Waals surface area contributed by atoms with E-state index in [0.29, 0.717) is 0 Å². The fourth-order valence-electron chi connectivity index (χ4n) is 5.63. The predicted octanol–water partition coefficient (Wildman–Crippen LogP) is 10.9. The number of methoxy groups -OCH3 is 1. The maximum atomic E-state index is 5.35. The van der Waals surface area contributed by atoms with Gasteiger partial charge in [-0.3, -0.25) is 0 Å². The van der Waals surface area contributed by atoms with E-state index in [1.807, 2.05) is 24.3 Å². The third-order valence-corrected chi connectivity index (χ3v) is 7.72. The van der Waals surface area contributed by atoms with Gasteiger partial charge in [0.1, 0.15) is 5.75 Å². The smallest absolute Gasteiger partial charge is 0.120 e. The number of anilines is 5. The van der Waals surface area contributed by atoms with Gasteiger partial charge in [-0.1, -0.05) is 103 Å². The molecule has 0 aliphatic heterocycles. The highest BCUT2D eigenvalue weighted by Crippen LogP contribution is 2.42. The van der Waals surface area contributed by atoms with Crippen LogP contribution >= 0.6 is 0 Å². The second kappa shape index (κ2) is 11.1. The van der Waals surface area contributed by atoms with Crippen molar-refractivity contribution in [3.8, 4) is 16.9 Å². The highest BCUT2D eigenvalue weighted by molar-refractivity contribution is 6.04.